The lowest BCUT2D eigenvalue weighted by atomic mass is 10.1. The van der Waals surface area contributed by atoms with Gasteiger partial charge in [0.2, 0.25) is 5.91 Å². The third-order valence-corrected chi connectivity index (χ3v) is 5.45. The minimum absolute atomic E-state index is 0.0452. The van der Waals surface area contributed by atoms with Crippen LogP contribution in [0.15, 0.2) is 59.8 Å². The minimum atomic E-state index is -0.283. The molecule has 1 atom stereocenters. The van der Waals surface area contributed by atoms with Gasteiger partial charge in [0.1, 0.15) is 5.82 Å². The highest BCUT2D eigenvalue weighted by molar-refractivity contribution is 8.00. The zero-order chi connectivity index (χ0) is 19.2. The molecule has 27 heavy (non-hydrogen) atoms. The summed E-state index contributed by atoms with van der Waals surface area (Å²) in [5.41, 5.74) is 3.24. The predicted octanol–water partition coefficient (Wildman–Crippen LogP) is 4.32. The molecule has 140 valence electrons. The quantitative estimate of drug-likeness (QED) is 0.620. The molecule has 0 unspecified atom stereocenters. The Bertz CT molecular complexity index is 890. The Morgan fingerprint density at radius 2 is 1.78 bits per heavy atom. The molecule has 0 saturated heterocycles. The molecule has 0 fully saturated rings. The van der Waals surface area contributed by atoms with Gasteiger partial charge >= 0.3 is 0 Å². The largest absolute Gasteiger partial charge is 0.325 e. The van der Waals surface area contributed by atoms with Crippen LogP contribution in [0, 0.1) is 6.92 Å². The number of rotatable bonds is 7. The number of thioether (sulfide) groups is 1. The maximum Gasteiger partial charge on any atom is 0.237 e. The van der Waals surface area contributed by atoms with Crippen molar-refractivity contribution in [3.8, 4) is 0 Å². The van der Waals surface area contributed by atoms with Gasteiger partial charge < -0.3 is 9.88 Å². The summed E-state index contributed by atoms with van der Waals surface area (Å²) in [7, 11) is 0. The summed E-state index contributed by atoms with van der Waals surface area (Å²) in [5, 5.41) is 11.9. The molecule has 0 spiro atoms. The first-order chi connectivity index (χ1) is 13.1. The molecule has 1 N–H and O–H groups in total. The van der Waals surface area contributed by atoms with Crippen LogP contribution < -0.4 is 5.32 Å². The first-order valence-corrected chi connectivity index (χ1v) is 9.95. The predicted molar refractivity (Wildman–Crippen MR) is 110 cm³/mol. The van der Waals surface area contributed by atoms with Gasteiger partial charge in [0.15, 0.2) is 5.16 Å². The zero-order valence-electron chi connectivity index (χ0n) is 15.8. The van der Waals surface area contributed by atoms with Crippen molar-refractivity contribution in [2.75, 3.05) is 5.32 Å². The molecule has 1 aromatic heterocycles. The molecule has 3 aromatic rings. The molecule has 5 nitrogen and oxygen atoms in total. The van der Waals surface area contributed by atoms with Crippen LogP contribution in [0.1, 0.15) is 30.8 Å². The summed E-state index contributed by atoms with van der Waals surface area (Å²) in [6, 6.07) is 18.1. The average molecular weight is 381 g/mol. The Morgan fingerprint density at radius 3 is 2.44 bits per heavy atom. The van der Waals surface area contributed by atoms with E-state index in [4.69, 9.17) is 0 Å². The number of nitrogens with one attached hydrogen (secondary N) is 1. The lowest BCUT2D eigenvalue weighted by Crippen LogP contribution is -2.23. The molecule has 3 rings (SSSR count). The Kier molecular flexibility index (Phi) is 6.29. The normalized spacial score (nSPS) is 12.0. The van der Waals surface area contributed by atoms with Crippen molar-refractivity contribution in [2.45, 2.75) is 44.1 Å². The molecular weight excluding hydrogens is 356 g/mol. The highest BCUT2D eigenvalue weighted by Gasteiger charge is 2.19. The number of hydrogen-bond donors (Lipinski definition) is 1. The van der Waals surface area contributed by atoms with Crippen LogP contribution in [-0.2, 0) is 17.8 Å². The molecule has 2 aromatic carbocycles. The number of benzene rings is 2. The van der Waals surface area contributed by atoms with E-state index in [2.05, 4.69) is 34.6 Å². The van der Waals surface area contributed by atoms with Crippen molar-refractivity contribution >= 4 is 23.4 Å². The standard InChI is InChI=1S/C21H24N4OS/c1-4-17-10-12-19(13-11-17)22-20(26)15(2)27-21-24-23-16(3)25(21)14-18-8-6-5-7-9-18/h5-13,15H,4,14H2,1-3H3,(H,22,26)/t15-/m0/s1. The number of aryl methyl sites for hydroxylation is 2. The number of anilines is 1. The van der Waals surface area contributed by atoms with E-state index in [-0.39, 0.29) is 11.2 Å². The third-order valence-electron chi connectivity index (χ3n) is 4.37. The Hall–Kier alpha value is -2.60. The van der Waals surface area contributed by atoms with Crippen LogP contribution in [0.3, 0.4) is 0 Å². The fraction of sp³-hybridized carbons (Fsp3) is 0.286. The van der Waals surface area contributed by atoms with E-state index in [9.17, 15) is 4.79 Å². The Morgan fingerprint density at radius 1 is 1.07 bits per heavy atom. The first-order valence-electron chi connectivity index (χ1n) is 9.07. The maximum atomic E-state index is 12.6. The molecule has 1 heterocycles. The summed E-state index contributed by atoms with van der Waals surface area (Å²) in [4.78, 5) is 12.6. The Balaban J connectivity index is 1.66. The molecule has 0 aliphatic rings. The van der Waals surface area contributed by atoms with Crippen molar-refractivity contribution in [1.29, 1.82) is 0 Å². The van der Waals surface area contributed by atoms with Crippen molar-refractivity contribution < 1.29 is 4.79 Å². The number of amides is 1. The van der Waals surface area contributed by atoms with Gasteiger partial charge in [0.05, 0.1) is 11.8 Å². The number of hydrogen-bond acceptors (Lipinski definition) is 4. The summed E-state index contributed by atoms with van der Waals surface area (Å²) in [5.74, 6) is 0.792. The fourth-order valence-electron chi connectivity index (χ4n) is 2.68. The average Bonchev–Trinajstić information content (AvgIpc) is 3.02. The highest BCUT2D eigenvalue weighted by atomic mass is 32.2. The van der Waals surface area contributed by atoms with E-state index >= 15 is 0 Å². The van der Waals surface area contributed by atoms with Gasteiger partial charge in [-0.25, -0.2) is 0 Å². The SMILES string of the molecule is CCc1ccc(NC(=O)[C@H](C)Sc2nnc(C)n2Cc2ccccc2)cc1. The van der Waals surface area contributed by atoms with Crippen molar-refractivity contribution in [3.63, 3.8) is 0 Å². The topological polar surface area (TPSA) is 59.8 Å². The van der Waals surface area contributed by atoms with Gasteiger partial charge in [-0.05, 0) is 43.5 Å². The number of carbonyl (C=O) groups excluding carboxylic acids is 1. The van der Waals surface area contributed by atoms with Crippen molar-refractivity contribution in [2.24, 2.45) is 0 Å². The molecule has 1 amide bonds. The molecule has 0 saturated carbocycles. The zero-order valence-corrected chi connectivity index (χ0v) is 16.7. The van der Waals surface area contributed by atoms with Crippen LogP contribution in [0.4, 0.5) is 5.69 Å². The van der Waals surface area contributed by atoms with Crippen LogP contribution in [-0.4, -0.2) is 25.9 Å². The monoisotopic (exact) mass is 380 g/mol. The molecule has 0 bridgehead atoms. The van der Waals surface area contributed by atoms with Crippen LogP contribution in [0.2, 0.25) is 0 Å². The van der Waals surface area contributed by atoms with E-state index in [1.165, 1.54) is 22.9 Å². The maximum absolute atomic E-state index is 12.6. The summed E-state index contributed by atoms with van der Waals surface area (Å²) in [6.07, 6.45) is 0.983. The van der Waals surface area contributed by atoms with Gasteiger partial charge in [0.25, 0.3) is 0 Å². The smallest absolute Gasteiger partial charge is 0.237 e. The van der Waals surface area contributed by atoms with E-state index in [1.807, 2.05) is 60.9 Å². The lowest BCUT2D eigenvalue weighted by Gasteiger charge is -2.13. The van der Waals surface area contributed by atoms with Crippen LogP contribution in [0.5, 0.6) is 0 Å². The van der Waals surface area contributed by atoms with E-state index in [0.717, 1.165) is 23.1 Å². The first kappa shape index (κ1) is 19.2. The second-order valence-electron chi connectivity index (χ2n) is 6.40. The summed E-state index contributed by atoms with van der Waals surface area (Å²) < 4.78 is 2.04. The van der Waals surface area contributed by atoms with E-state index in [1.54, 1.807) is 0 Å². The fourth-order valence-corrected chi connectivity index (χ4v) is 3.57. The van der Waals surface area contributed by atoms with E-state index in [0.29, 0.717) is 6.54 Å². The second-order valence-corrected chi connectivity index (χ2v) is 7.71. The molecule has 0 aliphatic heterocycles. The number of nitrogens with zero attached hydrogens (tertiary/aromatic N) is 3. The second kappa shape index (κ2) is 8.86. The summed E-state index contributed by atoms with van der Waals surface area (Å²) in [6.45, 7) is 6.62. The summed E-state index contributed by atoms with van der Waals surface area (Å²) >= 11 is 1.42. The van der Waals surface area contributed by atoms with Crippen LogP contribution in [0.25, 0.3) is 0 Å². The van der Waals surface area contributed by atoms with Gasteiger partial charge in [-0.2, -0.15) is 0 Å². The molecule has 6 heteroatoms. The van der Waals surface area contributed by atoms with Gasteiger partial charge in [-0.1, -0.05) is 61.2 Å². The van der Waals surface area contributed by atoms with Crippen LogP contribution >= 0.6 is 11.8 Å². The third kappa shape index (κ3) is 4.98. The molecule has 0 radical (unpaired) electrons. The highest BCUT2D eigenvalue weighted by Crippen LogP contribution is 2.24. The number of aromatic nitrogens is 3. The van der Waals surface area contributed by atoms with Gasteiger partial charge in [0, 0.05) is 5.69 Å². The van der Waals surface area contributed by atoms with Crippen molar-refractivity contribution in [3.05, 3.63) is 71.5 Å². The molecular formula is C21H24N4OS. The lowest BCUT2D eigenvalue weighted by molar-refractivity contribution is -0.115. The van der Waals surface area contributed by atoms with Gasteiger partial charge in [-0.15, -0.1) is 10.2 Å². The van der Waals surface area contributed by atoms with E-state index < -0.39 is 0 Å². The van der Waals surface area contributed by atoms with Crippen molar-refractivity contribution in [1.82, 2.24) is 14.8 Å². The number of carbonyl (C=O) groups is 1. The van der Waals surface area contributed by atoms with Gasteiger partial charge in [-0.3, -0.25) is 4.79 Å². The molecule has 0 aliphatic carbocycles. The Labute approximate surface area is 164 Å². The minimum Gasteiger partial charge on any atom is -0.325 e.